The van der Waals surface area contributed by atoms with Crippen LogP contribution >= 0.6 is 0 Å². The van der Waals surface area contributed by atoms with Gasteiger partial charge in [-0.1, -0.05) is 0 Å². The average molecular weight is 172 g/mol. The molecule has 12 heavy (non-hydrogen) atoms. The van der Waals surface area contributed by atoms with E-state index >= 15 is 0 Å². The first-order chi connectivity index (χ1) is 5.84. The molecule has 0 radical (unpaired) electrons. The zero-order valence-corrected chi connectivity index (χ0v) is 7.41. The van der Waals surface area contributed by atoms with E-state index in [1.807, 2.05) is 0 Å². The maximum atomic E-state index is 9.06. The molecule has 1 heterocycles. The van der Waals surface area contributed by atoms with Crippen molar-refractivity contribution in [3.63, 3.8) is 0 Å². The number of piperidine rings is 1. The number of aliphatic hydroxyl groups is 1. The molecule has 0 aromatic carbocycles. The second-order valence-electron chi connectivity index (χ2n) is 3.95. The van der Waals surface area contributed by atoms with Crippen molar-refractivity contribution in [2.24, 2.45) is 0 Å². The van der Waals surface area contributed by atoms with Gasteiger partial charge in [-0.05, 0) is 12.8 Å². The lowest BCUT2D eigenvalue weighted by Crippen LogP contribution is -2.86. The number of hydrogen-bond acceptors (Lipinski definition) is 2. The first-order valence-electron chi connectivity index (χ1n) is 5.00. The molecule has 1 saturated carbocycles. The van der Waals surface area contributed by atoms with E-state index in [1.54, 1.807) is 0 Å². The normalized spacial score (nSPS) is 37.8. The summed E-state index contributed by atoms with van der Waals surface area (Å²) >= 11 is 0. The van der Waals surface area contributed by atoms with Gasteiger partial charge in [-0.3, -0.25) is 0 Å². The third kappa shape index (κ3) is 1.97. The van der Waals surface area contributed by atoms with Gasteiger partial charge in [0.25, 0.3) is 0 Å². The fourth-order valence-electron chi connectivity index (χ4n) is 1.95. The van der Waals surface area contributed by atoms with Gasteiger partial charge in [0.05, 0.1) is 31.4 Å². The molecule has 0 spiro atoms. The van der Waals surface area contributed by atoms with Crippen LogP contribution in [0.15, 0.2) is 0 Å². The largest absolute Gasteiger partial charge is 0.393 e. The topological polar surface area (TPSA) is 46.1 Å². The van der Waals surface area contributed by atoms with Crippen LogP contribution < -0.4 is 5.32 Å². The number of hydrogen-bond donors (Lipinski definition) is 2. The fraction of sp³-hybridized carbons (Fsp3) is 1.00. The molecule has 3 nitrogen and oxygen atoms in total. The van der Waals surface area contributed by atoms with E-state index in [9.17, 15) is 0 Å². The highest BCUT2D eigenvalue weighted by Crippen LogP contribution is 2.25. The first-order valence-corrected chi connectivity index (χ1v) is 5.00. The van der Waals surface area contributed by atoms with E-state index in [-0.39, 0.29) is 6.10 Å². The molecule has 2 fully saturated rings. The molecule has 0 unspecified atom stereocenters. The van der Waals surface area contributed by atoms with Gasteiger partial charge in [0.1, 0.15) is 0 Å². The van der Waals surface area contributed by atoms with Crippen molar-refractivity contribution in [2.75, 3.05) is 13.1 Å². The molecule has 2 aliphatic rings. The summed E-state index contributed by atoms with van der Waals surface area (Å²) in [7, 11) is 0. The van der Waals surface area contributed by atoms with Gasteiger partial charge in [0.15, 0.2) is 0 Å². The summed E-state index contributed by atoms with van der Waals surface area (Å²) < 4.78 is 5.82. The molecule has 1 aliphatic heterocycles. The highest BCUT2D eigenvalue weighted by Gasteiger charge is 2.31. The molecule has 3 N–H and O–H groups in total. The standard InChI is InChI=1S/C9H17NO2/c11-7-5-9(6-7)12-8-1-3-10-4-2-8/h7-11H,1-6H2/p+1. The van der Waals surface area contributed by atoms with Gasteiger partial charge in [0, 0.05) is 12.8 Å². The smallest absolute Gasteiger partial charge is 0.0780 e. The third-order valence-electron chi connectivity index (χ3n) is 2.84. The van der Waals surface area contributed by atoms with Crippen LogP contribution in [-0.4, -0.2) is 36.5 Å². The van der Waals surface area contributed by atoms with Gasteiger partial charge in [-0.25, -0.2) is 0 Å². The summed E-state index contributed by atoms with van der Waals surface area (Å²) in [6.07, 6.45) is 4.86. The molecule has 0 aromatic rings. The van der Waals surface area contributed by atoms with E-state index in [4.69, 9.17) is 9.84 Å². The van der Waals surface area contributed by atoms with E-state index in [0.29, 0.717) is 12.2 Å². The number of rotatable bonds is 2. The highest BCUT2D eigenvalue weighted by atomic mass is 16.5. The maximum absolute atomic E-state index is 9.06. The van der Waals surface area contributed by atoms with Crippen LogP contribution in [0.3, 0.4) is 0 Å². The highest BCUT2D eigenvalue weighted by molar-refractivity contribution is 4.80. The van der Waals surface area contributed by atoms with E-state index < -0.39 is 0 Å². The summed E-state index contributed by atoms with van der Waals surface area (Å²) in [5.41, 5.74) is 0. The Morgan fingerprint density at radius 1 is 1.08 bits per heavy atom. The summed E-state index contributed by atoms with van der Waals surface area (Å²) in [5.74, 6) is 0. The molecule has 2 rings (SSSR count). The lowest BCUT2D eigenvalue weighted by Gasteiger charge is -2.35. The van der Waals surface area contributed by atoms with Crippen LogP contribution in [0.5, 0.6) is 0 Å². The molecule has 70 valence electrons. The molecule has 3 heteroatoms. The van der Waals surface area contributed by atoms with Gasteiger partial charge in [-0.15, -0.1) is 0 Å². The maximum Gasteiger partial charge on any atom is 0.0780 e. The van der Waals surface area contributed by atoms with E-state index in [0.717, 1.165) is 12.8 Å². The zero-order chi connectivity index (χ0) is 8.39. The number of nitrogens with two attached hydrogens (primary N) is 1. The Kier molecular flexibility index (Phi) is 2.63. The molecular weight excluding hydrogens is 154 g/mol. The third-order valence-corrected chi connectivity index (χ3v) is 2.84. The minimum atomic E-state index is -0.0786. The van der Waals surface area contributed by atoms with Crippen LogP contribution in [0, 0.1) is 0 Å². The Labute approximate surface area is 73.1 Å². The number of aliphatic hydroxyl groups excluding tert-OH is 1. The van der Waals surface area contributed by atoms with Crippen molar-refractivity contribution in [3.8, 4) is 0 Å². The van der Waals surface area contributed by atoms with Crippen molar-refractivity contribution in [3.05, 3.63) is 0 Å². The van der Waals surface area contributed by atoms with Crippen molar-refractivity contribution >= 4 is 0 Å². The Balaban J connectivity index is 1.65. The van der Waals surface area contributed by atoms with Gasteiger partial charge >= 0.3 is 0 Å². The molecular formula is C9H18NO2+. The van der Waals surface area contributed by atoms with Crippen molar-refractivity contribution in [2.45, 2.75) is 44.0 Å². The van der Waals surface area contributed by atoms with Crippen molar-refractivity contribution in [1.29, 1.82) is 0 Å². The molecule has 1 saturated heterocycles. The Bertz CT molecular complexity index is 139. The Morgan fingerprint density at radius 3 is 2.33 bits per heavy atom. The Hall–Kier alpha value is -0.120. The average Bonchev–Trinajstić information content (AvgIpc) is 2.04. The second kappa shape index (κ2) is 3.73. The van der Waals surface area contributed by atoms with Gasteiger partial charge in [-0.2, -0.15) is 0 Å². The fourth-order valence-corrected chi connectivity index (χ4v) is 1.95. The molecule has 0 atom stereocenters. The number of ether oxygens (including phenoxy) is 1. The van der Waals surface area contributed by atoms with Gasteiger partial charge in [0.2, 0.25) is 0 Å². The minimum Gasteiger partial charge on any atom is -0.393 e. The van der Waals surface area contributed by atoms with E-state index in [2.05, 4.69) is 5.32 Å². The predicted octanol–water partition coefficient (Wildman–Crippen LogP) is -0.748. The predicted molar refractivity (Wildman–Crippen MR) is 44.8 cm³/mol. The van der Waals surface area contributed by atoms with Crippen LogP contribution in [0.4, 0.5) is 0 Å². The lowest BCUT2D eigenvalue weighted by atomic mass is 9.92. The SMILES string of the molecule is OC1CC(OC2CC[NH2+]CC2)C1. The molecule has 0 amide bonds. The first kappa shape index (κ1) is 8.48. The quantitative estimate of drug-likeness (QED) is 0.576. The summed E-state index contributed by atoms with van der Waals surface area (Å²) in [6, 6.07) is 0. The van der Waals surface area contributed by atoms with E-state index in [1.165, 1.54) is 25.9 Å². The minimum absolute atomic E-state index is 0.0786. The summed E-state index contributed by atoms with van der Waals surface area (Å²) in [6.45, 7) is 2.42. The summed E-state index contributed by atoms with van der Waals surface area (Å²) in [5, 5.41) is 11.4. The van der Waals surface area contributed by atoms with Crippen LogP contribution in [0.25, 0.3) is 0 Å². The zero-order valence-electron chi connectivity index (χ0n) is 7.41. The monoisotopic (exact) mass is 172 g/mol. The molecule has 0 aromatic heterocycles. The number of quaternary nitrogens is 1. The second-order valence-corrected chi connectivity index (χ2v) is 3.95. The van der Waals surface area contributed by atoms with Crippen LogP contribution in [-0.2, 0) is 4.74 Å². The molecule has 1 aliphatic carbocycles. The van der Waals surface area contributed by atoms with Gasteiger partial charge < -0.3 is 15.2 Å². The Morgan fingerprint density at radius 2 is 1.75 bits per heavy atom. The molecule has 0 bridgehead atoms. The lowest BCUT2D eigenvalue weighted by molar-refractivity contribution is -0.665. The van der Waals surface area contributed by atoms with Crippen molar-refractivity contribution < 1.29 is 15.2 Å². The summed E-state index contributed by atoms with van der Waals surface area (Å²) in [4.78, 5) is 0. The van der Waals surface area contributed by atoms with Crippen LogP contribution in [0.1, 0.15) is 25.7 Å². The van der Waals surface area contributed by atoms with Crippen LogP contribution in [0.2, 0.25) is 0 Å². The van der Waals surface area contributed by atoms with Crippen molar-refractivity contribution in [1.82, 2.24) is 0 Å².